The highest BCUT2D eigenvalue weighted by Crippen LogP contribution is 2.28. The summed E-state index contributed by atoms with van der Waals surface area (Å²) in [6.45, 7) is 2.08. The number of H-pyrrole nitrogens is 1. The molecule has 0 atom stereocenters. The van der Waals surface area contributed by atoms with Crippen LogP contribution in [0, 0.1) is 0 Å². The van der Waals surface area contributed by atoms with Gasteiger partial charge in [-0.15, -0.1) is 11.3 Å². The Balaban J connectivity index is 1.57. The molecule has 3 aromatic rings. The molecule has 3 heterocycles. The highest BCUT2D eigenvalue weighted by atomic mass is 32.1. The van der Waals surface area contributed by atoms with Crippen LogP contribution in [0.15, 0.2) is 40.5 Å². The molecule has 0 saturated heterocycles. The fourth-order valence-corrected chi connectivity index (χ4v) is 3.92. The molecule has 7 heteroatoms. The number of rotatable bonds is 4. The van der Waals surface area contributed by atoms with Gasteiger partial charge in [0.15, 0.2) is 17.3 Å². The molecular formula is C19H19N3O3S. The second-order valence-corrected chi connectivity index (χ2v) is 7.23. The zero-order valence-corrected chi connectivity index (χ0v) is 15.2. The highest BCUT2D eigenvalue weighted by Gasteiger charge is 2.22. The van der Waals surface area contributed by atoms with Gasteiger partial charge in [0, 0.05) is 25.2 Å². The lowest BCUT2D eigenvalue weighted by molar-refractivity contribution is 0.240. The van der Waals surface area contributed by atoms with Crippen LogP contribution in [-0.4, -0.2) is 33.6 Å². The number of aromatic hydroxyl groups is 1. The molecule has 0 saturated carbocycles. The van der Waals surface area contributed by atoms with Crippen LogP contribution in [-0.2, 0) is 19.5 Å². The molecule has 0 unspecified atom stereocenters. The summed E-state index contributed by atoms with van der Waals surface area (Å²) in [5.41, 5.74) is 2.57. The van der Waals surface area contributed by atoms with Gasteiger partial charge in [0.1, 0.15) is 0 Å². The summed E-state index contributed by atoms with van der Waals surface area (Å²) in [5, 5.41) is 11.9. The molecule has 2 aromatic heterocycles. The van der Waals surface area contributed by atoms with E-state index < -0.39 is 0 Å². The van der Waals surface area contributed by atoms with Crippen LogP contribution in [0.2, 0.25) is 0 Å². The number of hydrogen-bond acceptors (Lipinski definition) is 6. The van der Waals surface area contributed by atoms with E-state index in [1.165, 1.54) is 7.11 Å². The van der Waals surface area contributed by atoms with Crippen molar-refractivity contribution >= 4 is 11.3 Å². The third-order valence-corrected chi connectivity index (χ3v) is 5.43. The Labute approximate surface area is 154 Å². The van der Waals surface area contributed by atoms with Crippen molar-refractivity contribution in [3.63, 3.8) is 0 Å². The van der Waals surface area contributed by atoms with Gasteiger partial charge in [-0.2, -0.15) is 0 Å². The van der Waals surface area contributed by atoms with Crippen molar-refractivity contribution < 1.29 is 9.84 Å². The maximum atomic E-state index is 12.4. The summed E-state index contributed by atoms with van der Waals surface area (Å²) in [4.78, 5) is 23.2. The van der Waals surface area contributed by atoms with Gasteiger partial charge >= 0.3 is 0 Å². The molecule has 2 N–H and O–H groups in total. The Morgan fingerprint density at radius 3 is 3.00 bits per heavy atom. The van der Waals surface area contributed by atoms with Crippen molar-refractivity contribution in [3.05, 3.63) is 62.9 Å². The minimum Gasteiger partial charge on any atom is -0.504 e. The monoisotopic (exact) mass is 369 g/mol. The second kappa shape index (κ2) is 6.93. The Kier molecular flexibility index (Phi) is 4.48. The molecule has 1 aliphatic heterocycles. The van der Waals surface area contributed by atoms with Crippen molar-refractivity contribution in [2.24, 2.45) is 0 Å². The average Bonchev–Trinajstić information content (AvgIpc) is 3.16. The molecule has 1 aliphatic rings. The van der Waals surface area contributed by atoms with Crippen LogP contribution in [0.4, 0.5) is 0 Å². The summed E-state index contributed by atoms with van der Waals surface area (Å²) in [6.07, 6.45) is 0.671. The summed E-state index contributed by atoms with van der Waals surface area (Å²) >= 11 is 1.56. The topological polar surface area (TPSA) is 78.5 Å². The number of fused-ring (bicyclic) bond motifs is 1. The lowest BCUT2D eigenvalue weighted by Gasteiger charge is -2.27. The quantitative estimate of drug-likeness (QED) is 0.739. The van der Waals surface area contributed by atoms with E-state index in [4.69, 9.17) is 9.72 Å². The Morgan fingerprint density at radius 2 is 2.27 bits per heavy atom. The fraction of sp³-hybridized carbons (Fsp3) is 0.263. The van der Waals surface area contributed by atoms with Crippen LogP contribution in [0.1, 0.15) is 16.8 Å². The van der Waals surface area contributed by atoms with Gasteiger partial charge < -0.3 is 14.8 Å². The van der Waals surface area contributed by atoms with E-state index >= 15 is 0 Å². The number of thiophene rings is 1. The molecule has 1 aromatic carbocycles. The first-order valence-corrected chi connectivity index (χ1v) is 9.26. The van der Waals surface area contributed by atoms with Gasteiger partial charge in [-0.1, -0.05) is 12.1 Å². The number of aromatic nitrogens is 2. The molecule has 0 bridgehead atoms. The maximum Gasteiger partial charge on any atom is 0.254 e. The van der Waals surface area contributed by atoms with E-state index in [0.29, 0.717) is 31.1 Å². The number of phenolic OH excluding ortho intramolecular Hbond substituents is 1. The molecule has 26 heavy (non-hydrogen) atoms. The van der Waals surface area contributed by atoms with E-state index in [1.807, 2.05) is 23.6 Å². The van der Waals surface area contributed by atoms with E-state index in [9.17, 15) is 9.90 Å². The van der Waals surface area contributed by atoms with E-state index in [1.54, 1.807) is 23.5 Å². The SMILES string of the molecule is COc1ccc(CN2CCc3c(nc(-c4cccs4)[nH]c3=O)C2)cc1O. The van der Waals surface area contributed by atoms with Crippen molar-refractivity contribution in [1.82, 2.24) is 14.9 Å². The van der Waals surface area contributed by atoms with E-state index in [-0.39, 0.29) is 11.3 Å². The third-order valence-electron chi connectivity index (χ3n) is 4.56. The highest BCUT2D eigenvalue weighted by molar-refractivity contribution is 7.13. The molecule has 4 rings (SSSR count). The number of nitrogens with zero attached hydrogens (tertiary/aromatic N) is 2. The fourth-order valence-electron chi connectivity index (χ4n) is 3.25. The lowest BCUT2D eigenvalue weighted by atomic mass is 10.1. The van der Waals surface area contributed by atoms with Crippen molar-refractivity contribution in [2.45, 2.75) is 19.5 Å². The number of hydrogen-bond donors (Lipinski definition) is 2. The molecule has 0 fully saturated rings. The van der Waals surface area contributed by atoms with E-state index in [0.717, 1.165) is 28.2 Å². The number of aromatic amines is 1. The van der Waals surface area contributed by atoms with E-state index in [2.05, 4.69) is 9.88 Å². The number of methoxy groups -OCH3 is 1. The molecule has 0 amide bonds. The van der Waals surface area contributed by atoms with Gasteiger partial charge in [-0.3, -0.25) is 9.69 Å². The van der Waals surface area contributed by atoms with Crippen molar-refractivity contribution in [1.29, 1.82) is 0 Å². The molecular weight excluding hydrogens is 350 g/mol. The maximum absolute atomic E-state index is 12.4. The largest absolute Gasteiger partial charge is 0.504 e. The van der Waals surface area contributed by atoms with Crippen molar-refractivity contribution in [3.8, 4) is 22.2 Å². The Morgan fingerprint density at radius 1 is 1.38 bits per heavy atom. The minimum absolute atomic E-state index is 0.0415. The first-order valence-electron chi connectivity index (χ1n) is 8.38. The summed E-state index contributed by atoms with van der Waals surface area (Å²) in [7, 11) is 1.53. The predicted octanol–water partition coefficient (Wildman–Crippen LogP) is 2.77. The number of phenols is 1. The van der Waals surface area contributed by atoms with Gasteiger partial charge in [0.2, 0.25) is 0 Å². The number of benzene rings is 1. The summed E-state index contributed by atoms with van der Waals surface area (Å²) in [5.74, 6) is 1.23. The molecule has 6 nitrogen and oxygen atoms in total. The van der Waals surface area contributed by atoms with Gasteiger partial charge in [-0.05, 0) is 35.6 Å². The van der Waals surface area contributed by atoms with Crippen molar-refractivity contribution in [2.75, 3.05) is 13.7 Å². The van der Waals surface area contributed by atoms with Gasteiger partial charge in [0.05, 0.1) is 17.7 Å². The lowest BCUT2D eigenvalue weighted by Crippen LogP contribution is -2.35. The van der Waals surface area contributed by atoms with Crippen LogP contribution >= 0.6 is 11.3 Å². The first-order chi connectivity index (χ1) is 12.6. The third kappa shape index (κ3) is 3.23. The Hall–Kier alpha value is -2.64. The van der Waals surface area contributed by atoms with Crippen LogP contribution in [0.25, 0.3) is 10.7 Å². The zero-order valence-electron chi connectivity index (χ0n) is 14.4. The number of ether oxygens (including phenoxy) is 1. The Bertz CT molecular complexity index is 982. The first kappa shape index (κ1) is 16.8. The normalized spacial score (nSPS) is 14.2. The number of nitrogens with one attached hydrogen (secondary N) is 1. The zero-order chi connectivity index (χ0) is 18.1. The molecule has 0 radical (unpaired) electrons. The van der Waals surface area contributed by atoms with Gasteiger partial charge in [-0.25, -0.2) is 4.98 Å². The molecule has 0 aliphatic carbocycles. The molecule has 134 valence electrons. The summed E-state index contributed by atoms with van der Waals surface area (Å²) < 4.78 is 5.09. The van der Waals surface area contributed by atoms with Crippen LogP contribution in [0.5, 0.6) is 11.5 Å². The standard InChI is InChI=1S/C19H19N3O3S/c1-25-16-5-4-12(9-15(16)23)10-22-7-6-13-14(11-22)20-18(21-19(13)24)17-3-2-8-26-17/h2-5,8-9,23H,6-7,10-11H2,1H3,(H,20,21,24). The molecule has 0 spiro atoms. The second-order valence-electron chi connectivity index (χ2n) is 6.28. The van der Waals surface area contributed by atoms with Gasteiger partial charge in [0.25, 0.3) is 5.56 Å². The minimum atomic E-state index is -0.0415. The van der Waals surface area contributed by atoms with Crippen LogP contribution < -0.4 is 10.3 Å². The van der Waals surface area contributed by atoms with Crippen LogP contribution in [0.3, 0.4) is 0 Å². The smallest absolute Gasteiger partial charge is 0.254 e. The average molecular weight is 369 g/mol. The summed E-state index contributed by atoms with van der Waals surface area (Å²) in [6, 6.07) is 9.32. The predicted molar refractivity (Wildman–Crippen MR) is 101 cm³/mol.